The molecule has 0 aliphatic carbocycles. The number of para-hydroxylation sites is 1. The molecule has 0 bridgehead atoms. The predicted molar refractivity (Wildman–Crippen MR) is 129 cm³/mol. The van der Waals surface area contributed by atoms with E-state index >= 15 is 0 Å². The molecule has 2 aliphatic heterocycles. The fourth-order valence-electron chi connectivity index (χ4n) is 4.99. The topological polar surface area (TPSA) is 63.0 Å². The third kappa shape index (κ3) is 3.51. The smallest absolute Gasteiger partial charge is 0.243 e. The first-order valence-corrected chi connectivity index (χ1v) is 12.9. The largest absolute Gasteiger partial charge is 0.456 e. The van der Waals surface area contributed by atoms with Gasteiger partial charge in [0, 0.05) is 46.2 Å². The molecule has 0 atom stereocenters. The average Bonchev–Trinajstić information content (AvgIpc) is 3.22. The van der Waals surface area contributed by atoms with Crippen molar-refractivity contribution in [2.75, 3.05) is 24.7 Å². The summed E-state index contributed by atoms with van der Waals surface area (Å²) < 4.78 is 40.1. The number of piperidine rings is 1. The van der Waals surface area contributed by atoms with E-state index in [2.05, 4.69) is 11.0 Å². The van der Waals surface area contributed by atoms with E-state index < -0.39 is 10.0 Å². The van der Waals surface area contributed by atoms with Crippen molar-refractivity contribution in [2.24, 2.45) is 0 Å². The van der Waals surface area contributed by atoms with Gasteiger partial charge in [0.15, 0.2) is 0 Å². The quantitative estimate of drug-likeness (QED) is 0.392. The number of ether oxygens (including phenoxy) is 1. The molecule has 170 valence electrons. The van der Waals surface area contributed by atoms with Gasteiger partial charge in [-0.15, -0.1) is 0 Å². The van der Waals surface area contributed by atoms with Gasteiger partial charge >= 0.3 is 0 Å². The van der Waals surface area contributed by atoms with Gasteiger partial charge in [0.1, 0.15) is 17.9 Å². The third-order valence-corrected chi connectivity index (χ3v) is 8.98. The predicted octanol–water partition coefficient (Wildman–Crippen LogP) is 5.39. The number of sulfonamides is 1. The Bertz CT molecular complexity index is 1460. The number of hydrogen-bond donors (Lipinski definition) is 0. The Balaban J connectivity index is 1.24. The number of benzene rings is 3. The normalized spacial score (nSPS) is 18.2. The van der Waals surface area contributed by atoms with Crippen molar-refractivity contribution in [3.63, 3.8) is 0 Å². The highest BCUT2D eigenvalue weighted by molar-refractivity contribution is 7.89. The van der Waals surface area contributed by atoms with Crippen LogP contribution in [0.5, 0.6) is 0 Å². The van der Waals surface area contributed by atoms with E-state index in [9.17, 15) is 8.42 Å². The highest BCUT2D eigenvalue weighted by Gasteiger charge is 2.34. The summed E-state index contributed by atoms with van der Waals surface area (Å²) in [5.74, 6) is 0. The summed E-state index contributed by atoms with van der Waals surface area (Å²) in [5, 5.41) is 2.45. The first kappa shape index (κ1) is 21.0. The highest BCUT2D eigenvalue weighted by atomic mass is 35.5. The van der Waals surface area contributed by atoms with Crippen LogP contribution in [0.15, 0.2) is 70.0 Å². The number of fused-ring (bicyclic) bond motifs is 4. The first-order chi connectivity index (χ1) is 16.0. The van der Waals surface area contributed by atoms with E-state index in [1.807, 2.05) is 36.4 Å². The lowest BCUT2D eigenvalue weighted by molar-refractivity contribution is 0.0988. The average molecular weight is 483 g/mol. The molecule has 0 saturated carbocycles. The standard InChI is InChI=1S/C25H23ClN2O4S/c26-22-5-3-6-23-21(22)15-31-16-28(23)17-10-12-27(13-11-17)33(29,30)18-8-9-25-20(14-18)19-4-1-2-7-24(19)32-25/h1-9,14,17H,10-13,15-16H2. The summed E-state index contributed by atoms with van der Waals surface area (Å²) in [4.78, 5) is 2.52. The van der Waals surface area contributed by atoms with Gasteiger partial charge in [-0.2, -0.15) is 4.31 Å². The second kappa shape index (κ2) is 8.02. The van der Waals surface area contributed by atoms with Crippen LogP contribution in [0.3, 0.4) is 0 Å². The molecular formula is C25H23ClN2O4S. The van der Waals surface area contributed by atoms with Crippen molar-refractivity contribution in [3.05, 3.63) is 71.2 Å². The molecule has 4 aromatic rings. The molecule has 33 heavy (non-hydrogen) atoms. The summed E-state index contributed by atoms with van der Waals surface area (Å²) in [6.45, 7) is 1.92. The molecule has 3 aromatic carbocycles. The SMILES string of the molecule is O=S(=O)(c1ccc2oc3ccccc3c2c1)N1CCC(N2COCc3c(Cl)cccc32)CC1. The van der Waals surface area contributed by atoms with Crippen molar-refractivity contribution < 1.29 is 17.6 Å². The summed E-state index contributed by atoms with van der Waals surface area (Å²) in [6, 6.07) is 18.9. The van der Waals surface area contributed by atoms with E-state index in [1.54, 1.807) is 22.5 Å². The van der Waals surface area contributed by atoms with E-state index in [1.165, 1.54) is 0 Å². The molecule has 0 unspecified atom stereocenters. The number of halogens is 1. The van der Waals surface area contributed by atoms with Crippen LogP contribution in [0.4, 0.5) is 5.69 Å². The molecule has 1 fully saturated rings. The van der Waals surface area contributed by atoms with E-state index in [0.717, 1.165) is 40.4 Å². The summed E-state index contributed by atoms with van der Waals surface area (Å²) in [6.07, 6.45) is 1.46. The maximum Gasteiger partial charge on any atom is 0.243 e. The van der Waals surface area contributed by atoms with Crippen molar-refractivity contribution in [2.45, 2.75) is 30.4 Å². The molecule has 0 radical (unpaired) electrons. The van der Waals surface area contributed by atoms with Gasteiger partial charge in [-0.05, 0) is 49.2 Å². The van der Waals surface area contributed by atoms with Crippen molar-refractivity contribution in [1.82, 2.24) is 4.31 Å². The van der Waals surface area contributed by atoms with Gasteiger partial charge in [0.25, 0.3) is 0 Å². The number of furan rings is 1. The Morgan fingerprint density at radius 3 is 2.55 bits per heavy atom. The maximum atomic E-state index is 13.5. The van der Waals surface area contributed by atoms with Crippen molar-refractivity contribution in [3.8, 4) is 0 Å². The zero-order chi connectivity index (χ0) is 22.6. The molecule has 2 aliphatic rings. The van der Waals surface area contributed by atoms with Crippen LogP contribution in [0.25, 0.3) is 21.9 Å². The second-order valence-corrected chi connectivity index (χ2v) is 10.9. The van der Waals surface area contributed by atoms with Gasteiger partial charge < -0.3 is 14.1 Å². The monoisotopic (exact) mass is 482 g/mol. The third-order valence-electron chi connectivity index (χ3n) is 6.73. The number of nitrogens with zero attached hydrogens (tertiary/aromatic N) is 2. The molecular weight excluding hydrogens is 460 g/mol. The molecule has 8 heteroatoms. The van der Waals surface area contributed by atoms with Crippen molar-refractivity contribution >= 4 is 49.3 Å². The first-order valence-electron chi connectivity index (χ1n) is 11.1. The fraction of sp³-hybridized carbons (Fsp3) is 0.280. The summed E-state index contributed by atoms with van der Waals surface area (Å²) >= 11 is 6.37. The Kier molecular flexibility index (Phi) is 5.10. The molecule has 1 aromatic heterocycles. The lowest BCUT2D eigenvalue weighted by atomic mass is 10.0. The number of anilines is 1. The van der Waals surface area contributed by atoms with E-state index in [4.69, 9.17) is 20.8 Å². The summed E-state index contributed by atoms with van der Waals surface area (Å²) in [7, 11) is -3.60. The Morgan fingerprint density at radius 1 is 0.909 bits per heavy atom. The minimum Gasteiger partial charge on any atom is -0.456 e. The molecule has 0 N–H and O–H groups in total. The van der Waals surface area contributed by atoms with Crippen LogP contribution in [0.1, 0.15) is 18.4 Å². The van der Waals surface area contributed by atoms with Crippen LogP contribution < -0.4 is 4.90 Å². The second-order valence-electron chi connectivity index (χ2n) is 8.58. The van der Waals surface area contributed by atoms with Gasteiger partial charge in [0.05, 0.1) is 11.5 Å². The minimum absolute atomic E-state index is 0.203. The summed E-state index contributed by atoms with van der Waals surface area (Å²) in [5.41, 5.74) is 3.54. The Morgan fingerprint density at radius 2 is 1.70 bits per heavy atom. The Hall–Kier alpha value is -2.58. The molecule has 3 heterocycles. The molecule has 6 rings (SSSR count). The van der Waals surface area contributed by atoms with Crippen LogP contribution in [0, 0.1) is 0 Å². The zero-order valence-electron chi connectivity index (χ0n) is 17.9. The van der Waals surface area contributed by atoms with Crippen LogP contribution >= 0.6 is 11.6 Å². The maximum absolute atomic E-state index is 13.5. The van der Waals surface area contributed by atoms with Crippen LogP contribution in [0.2, 0.25) is 5.02 Å². The van der Waals surface area contributed by atoms with Crippen molar-refractivity contribution in [1.29, 1.82) is 0 Å². The minimum atomic E-state index is -3.60. The van der Waals surface area contributed by atoms with Crippen LogP contribution in [-0.4, -0.2) is 38.6 Å². The van der Waals surface area contributed by atoms with Crippen LogP contribution in [-0.2, 0) is 21.4 Å². The Labute approximate surface area is 197 Å². The van der Waals surface area contributed by atoms with Gasteiger partial charge in [-0.3, -0.25) is 0 Å². The fourth-order valence-corrected chi connectivity index (χ4v) is 6.71. The van der Waals surface area contributed by atoms with Gasteiger partial charge in [-0.1, -0.05) is 35.9 Å². The zero-order valence-corrected chi connectivity index (χ0v) is 19.5. The lowest BCUT2D eigenvalue weighted by Crippen LogP contribution is -2.48. The van der Waals surface area contributed by atoms with Gasteiger partial charge in [0.2, 0.25) is 10.0 Å². The number of rotatable bonds is 3. The van der Waals surface area contributed by atoms with E-state index in [-0.39, 0.29) is 6.04 Å². The molecule has 1 saturated heterocycles. The lowest BCUT2D eigenvalue weighted by Gasteiger charge is -2.41. The molecule has 6 nitrogen and oxygen atoms in total. The number of hydrogen-bond acceptors (Lipinski definition) is 5. The molecule has 0 spiro atoms. The van der Waals surface area contributed by atoms with Gasteiger partial charge in [-0.25, -0.2) is 8.42 Å². The highest BCUT2D eigenvalue weighted by Crippen LogP contribution is 2.36. The van der Waals surface area contributed by atoms with E-state index in [0.29, 0.717) is 41.9 Å². The molecule has 0 amide bonds.